The summed E-state index contributed by atoms with van der Waals surface area (Å²) in [5, 5.41) is 15.4. The number of nitrogens with zero attached hydrogens (tertiary/aromatic N) is 5. The van der Waals surface area contributed by atoms with Gasteiger partial charge >= 0.3 is 0 Å². The number of anilines is 1. The Morgan fingerprint density at radius 2 is 2.38 bits per heavy atom. The maximum Gasteiger partial charge on any atom is 0.160 e. The molecule has 0 bridgehead atoms. The Morgan fingerprint density at radius 1 is 1.43 bits per heavy atom. The standard InChI is InChI=1S/C13H15N7O/c1-20-10(2-4-17-20)11-9(3-5-21-11)18-12-8-6-16-19-13(8)15-7-14-12/h2,4,6-7,9,11H,3,5H2,1H3,(H2,14,15,16,18,19)/t9-,11-/m0/s1. The molecule has 0 amide bonds. The molecule has 1 aliphatic rings. The lowest BCUT2D eigenvalue weighted by Gasteiger charge is -2.20. The number of aromatic nitrogens is 6. The number of ether oxygens (including phenoxy) is 1. The highest BCUT2D eigenvalue weighted by atomic mass is 16.5. The van der Waals surface area contributed by atoms with Crippen LogP contribution >= 0.6 is 0 Å². The molecule has 1 aliphatic heterocycles. The first kappa shape index (κ1) is 12.3. The van der Waals surface area contributed by atoms with Crippen LogP contribution in [-0.2, 0) is 11.8 Å². The van der Waals surface area contributed by atoms with E-state index in [2.05, 4.69) is 30.6 Å². The van der Waals surface area contributed by atoms with Crippen molar-refractivity contribution in [3.05, 3.63) is 30.5 Å². The Morgan fingerprint density at radius 3 is 3.24 bits per heavy atom. The molecule has 0 radical (unpaired) electrons. The molecule has 8 nitrogen and oxygen atoms in total. The van der Waals surface area contributed by atoms with Crippen LogP contribution in [0.4, 0.5) is 5.82 Å². The van der Waals surface area contributed by atoms with Gasteiger partial charge in [-0.15, -0.1) is 0 Å². The van der Waals surface area contributed by atoms with E-state index in [0.29, 0.717) is 6.61 Å². The van der Waals surface area contributed by atoms with Crippen molar-refractivity contribution in [1.82, 2.24) is 29.9 Å². The van der Waals surface area contributed by atoms with Gasteiger partial charge in [0.2, 0.25) is 0 Å². The zero-order chi connectivity index (χ0) is 14.2. The molecule has 108 valence electrons. The van der Waals surface area contributed by atoms with Gasteiger partial charge in [-0.2, -0.15) is 10.2 Å². The van der Waals surface area contributed by atoms with E-state index in [9.17, 15) is 0 Å². The lowest BCUT2D eigenvalue weighted by Crippen LogP contribution is -2.25. The highest BCUT2D eigenvalue weighted by Crippen LogP contribution is 2.31. The minimum Gasteiger partial charge on any atom is -0.370 e. The van der Waals surface area contributed by atoms with Crippen molar-refractivity contribution in [2.24, 2.45) is 7.05 Å². The van der Waals surface area contributed by atoms with Gasteiger partial charge in [-0.05, 0) is 12.5 Å². The smallest absolute Gasteiger partial charge is 0.160 e. The minimum absolute atomic E-state index is 0.0329. The average Bonchev–Trinajstić information content (AvgIpc) is 3.19. The van der Waals surface area contributed by atoms with Crippen LogP contribution in [0.5, 0.6) is 0 Å². The molecule has 3 aromatic heterocycles. The van der Waals surface area contributed by atoms with Gasteiger partial charge in [0.1, 0.15) is 18.2 Å². The summed E-state index contributed by atoms with van der Waals surface area (Å²) in [4.78, 5) is 8.47. The second-order valence-corrected chi connectivity index (χ2v) is 5.07. The molecule has 2 N–H and O–H groups in total. The number of aromatic amines is 1. The van der Waals surface area contributed by atoms with E-state index in [1.807, 2.05) is 17.8 Å². The van der Waals surface area contributed by atoms with Crippen LogP contribution in [0.2, 0.25) is 0 Å². The highest BCUT2D eigenvalue weighted by molar-refractivity contribution is 5.85. The number of aryl methyl sites for hydroxylation is 1. The van der Waals surface area contributed by atoms with Crippen LogP contribution in [0.3, 0.4) is 0 Å². The highest BCUT2D eigenvalue weighted by Gasteiger charge is 2.32. The maximum atomic E-state index is 5.87. The Balaban J connectivity index is 1.64. The van der Waals surface area contributed by atoms with Crippen molar-refractivity contribution in [3.63, 3.8) is 0 Å². The van der Waals surface area contributed by atoms with Gasteiger partial charge in [0, 0.05) is 19.9 Å². The normalized spacial score (nSPS) is 22.0. The molecule has 3 aromatic rings. The van der Waals surface area contributed by atoms with Gasteiger partial charge in [0.05, 0.1) is 23.3 Å². The van der Waals surface area contributed by atoms with Crippen LogP contribution in [-0.4, -0.2) is 42.6 Å². The summed E-state index contributed by atoms with van der Waals surface area (Å²) < 4.78 is 7.71. The van der Waals surface area contributed by atoms with Crippen molar-refractivity contribution in [2.45, 2.75) is 18.6 Å². The molecule has 0 saturated carbocycles. The fourth-order valence-corrected chi connectivity index (χ4v) is 2.75. The largest absolute Gasteiger partial charge is 0.370 e. The van der Waals surface area contributed by atoms with Gasteiger partial charge in [0.15, 0.2) is 5.65 Å². The van der Waals surface area contributed by atoms with Crippen LogP contribution in [0.1, 0.15) is 18.2 Å². The third kappa shape index (κ3) is 2.04. The molecule has 4 heterocycles. The van der Waals surface area contributed by atoms with Crippen LogP contribution in [0, 0.1) is 0 Å². The van der Waals surface area contributed by atoms with Gasteiger partial charge in [0.25, 0.3) is 0 Å². The van der Waals surface area contributed by atoms with E-state index < -0.39 is 0 Å². The maximum absolute atomic E-state index is 5.87. The van der Waals surface area contributed by atoms with Gasteiger partial charge in [-0.25, -0.2) is 9.97 Å². The number of H-pyrrole nitrogens is 1. The molecular weight excluding hydrogens is 270 g/mol. The van der Waals surface area contributed by atoms with E-state index in [-0.39, 0.29) is 12.1 Å². The Labute approximate surface area is 120 Å². The number of nitrogens with one attached hydrogen (secondary N) is 2. The topological polar surface area (TPSA) is 93.5 Å². The van der Waals surface area contributed by atoms with Crippen molar-refractivity contribution < 1.29 is 4.74 Å². The van der Waals surface area contributed by atoms with Crippen LogP contribution in [0.15, 0.2) is 24.8 Å². The number of fused-ring (bicyclic) bond motifs is 1. The average molecular weight is 285 g/mol. The summed E-state index contributed by atoms with van der Waals surface area (Å²) in [5.41, 5.74) is 1.78. The van der Waals surface area contributed by atoms with Crippen molar-refractivity contribution >= 4 is 16.9 Å². The second-order valence-electron chi connectivity index (χ2n) is 5.07. The molecule has 1 saturated heterocycles. The monoisotopic (exact) mass is 285 g/mol. The first-order valence-corrected chi connectivity index (χ1v) is 6.83. The van der Waals surface area contributed by atoms with Crippen molar-refractivity contribution in [2.75, 3.05) is 11.9 Å². The molecule has 0 unspecified atom stereocenters. The Kier molecular flexibility index (Phi) is 2.81. The third-order valence-electron chi connectivity index (χ3n) is 3.81. The lowest BCUT2D eigenvalue weighted by molar-refractivity contribution is 0.101. The van der Waals surface area contributed by atoms with Crippen LogP contribution in [0.25, 0.3) is 11.0 Å². The SMILES string of the molecule is Cn1nccc1[C@H]1OCC[C@@H]1Nc1ncnc2[nH]ncc12. The Hall–Kier alpha value is -2.48. The van der Waals surface area contributed by atoms with E-state index in [4.69, 9.17) is 4.74 Å². The fraction of sp³-hybridized carbons (Fsp3) is 0.385. The van der Waals surface area contributed by atoms with E-state index >= 15 is 0 Å². The summed E-state index contributed by atoms with van der Waals surface area (Å²) in [6.07, 6.45) is 5.92. The Bertz CT molecular complexity index is 765. The summed E-state index contributed by atoms with van der Waals surface area (Å²) in [7, 11) is 1.92. The lowest BCUT2D eigenvalue weighted by atomic mass is 10.1. The van der Waals surface area contributed by atoms with E-state index in [0.717, 1.165) is 29.0 Å². The fourth-order valence-electron chi connectivity index (χ4n) is 2.75. The number of rotatable bonds is 3. The second kappa shape index (κ2) is 4.81. The van der Waals surface area contributed by atoms with Gasteiger partial charge in [-0.1, -0.05) is 0 Å². The summed E-state index contributed by atoms with van der Waals surface area (Å²) >= 11 is 0. The molecule has 1 fully saturated rings. The first-order chi connectivity index (χ1) is 10.3. The number of hydrogen-bond acceptors (Lipinski definition) is 6. The predicted molar refractivity (Wildman–Crippen MR) is 75.6 cm³/mol. The first-order valence-electron chi connectivity index (χ1n) is 6.83. The van der Waals surface area contributed by atoms with Gasteiger partial charge < -0.3 is 10.1 Å². The van der Waals surface area contributed by atoms with Crippen LogP contribution < -0.4 is 5.32 Å². The predicted octanol–water partition coefficient (Wildman–Crippen LogP) is 1.03. The minimum atomic E-state index is -0.0329. The zero-order valence-corrected chi connectivity index (χ0v) is 11.5. The summed E-state index contributed by atoms with van der Waals surface area (Å²) in [6, 6.07) is 2.13. The molecule has 4 rings (SSSR count). The summed E-state index contributed by atoms with van der Waals surface area (Å²) in [5.74, 6) is 0.774. The van der Waals surface area contributed by atoms with Crippen molar-refractivity contribution in [3.8, 4) is 0 Å². The molecule has 8 heteroatoms. The van der Waals surface area contributed by atoms with E-state index in [1.54, 1.807) is 12.4 Å². The molecular formula is C13H15N7O. The molecule has 0 spiro atoms. The number of hydrogen-bond donors (Lipinski definition) is 2. The van der Waals surface area contributed by atoms with E-state index in [1.165, 1.54) is 6.33 Å². The molecule has 2 atom stereocenters. The van der Waals surface area contributed by atoms with Crippen molar-refractivity contribution in [1.29, 1.82) is 0 Å². The molecule has 0 aliphatic carbocycles. The molecule has 21 heavy (non-hydrogen) atoms. The van der Waals surface area contributed by atoms with Gasteiger partial charge in [-0.3, -0.25) is 9.78 Å². The quantitative estimate of drug-likeness (QED) is 0.746. The molecule has 0 aromatic carbocycles. The zero-order valence-electron chi connectivity index (χ0n) is 11.5. The summed E-state index contributed by atoms with van der Waals surface area (Å²) in [6.45, 7) is 0.715. The third-order valence-corrected chi connectivity index (χ3v) is 3.81.